The fourth-order valence-corrected chi connectivity index (χ4v) is 1.28. The van der Waals surface area contributed by atoms with Crippen LogP contribution < -0.4 is 4.90 Å². The van der Waals surface area contributed by atoms with Gasteiger partial charge in [-0.25, -0.2) is 9.97 Å². The number of hydrogen-bond acceptors (Lipinski definition) is 4. The molecular weight excluding hydrogens is 166 g/mol. The molecule has 4 nitrogen and oxygen atoms in total. The van der Waals surface area contributed by atoms with Crippen molar-refractivity contribution in [3.8, 4) is 0 Å². The molecule has 1 aromatic rings. The summed E-state index contributed by atoms with van der Waals surface area (Å²) in [5.74, 6) is 0.834. The van der Waals surface area contributed by atoms with Gasteiger partial charge in [0.2, 0.25) is 5.95 Å². The number of nitrogens with zero attached hydrogens (tertiary/aromatic N) is 3. The smallest absolute Gasteiger partial charge is 0.225 e. The van der Waals surface area contributed by atoms with Crippen LogP contribution in [0.5, 0.6) is 0 Å². The molecule has 1 aliphatic rings. The first-order valence-corrected chi connectivity index (χ1v) is 4.46. The van der Waals surface area contributed by atoms with E-state index in [4.69, 9.17) is 4.74 Å². The lowest BCUT2D eigenvalue weighted by atomic mass is 10.2. The molecule has 70 valence electrons. The molecule has 0 amide bonds. The van der Waals surface area contributed by atoms with E-state index in [0.717, 1.165) is 24.7 Å². The van der Waals surface area contributed by atoms with Gasteiger partial charge in [-0.2, -0.15) is 0 Å². The predicted molar refractivity (Wildman–Crippen MR) is 49.6 cm³/mol. The van der Waals surface area contributed by atoms with Crippen LogP contribution in [0.2, 0.25) is 0 Å². The summed E-state index contributed by atoms with van der Waals surface area (Å²) in [6.45, 7) is 2.72. The maximum Gasteiger partial charge on any atom is 0.225 e. The maximum atomic E-state index is 5.01. The minimum Gasteiger partial charge on any atom is -0.378 e. The average Bonchev–Trinajstić information content (AvgIpc) is 2.02. The lowest BCUT2D eigenvalue weighted by molar-refractivity contribution is 0.181. The lowest BCUT2D eigenvalue weighted by Crippen LogP contribution is -2.38. The maximum absolute atomic E-state index is 5.01. The van der Waals surface area contributed by atoms with Crippen molar-refractivity contribution in [2.75, 3.05) is 25.1 Å². The third-order valence-electron chi connectivity index (χ3n) is 2.13. The fourth-order valence-electron chi connectivity index (χ4n) is 1.28. The Bertz CT molecular complexity index is 286. The van der Waals surface area contributed by atoms with Gasteiger partial charge in [0.25, 0.3) is 0 Å². The average molecular weight is 179 g/mol. The van der Waals surface area contributed by atoms with Gasteiger partial charge in [0.05, 0.1) is 12.3 Å². The molecule has 4 heteroatoms. The summed E-state index contributed by atoms with van der Waals surface area (Å²) >= 11 is 0. The minimum atomic E-state index is 0.559. The number of ether oxygens (including phenoxy) is 1. The van der Waals surface area contributed by atoms with E-state index in [1.165, 1.54) is 6.42 Å². The van der Waals surface area contributed by atoms with E-state index in [0.29, 0.717) is 6.61 Å². The van der Waals surface area contributed by atoms with Gasteiger partial charge < -0.3 is 9.64 Å². The highest BCUT2D eigenvalue weighted by Gasteiger charge is 2.16. The standard InChI is InChI=1S/C9H13N3O/c1-13-7-8-3-4-10-9(11-8)12-5-2-6-12/h3-4H,2,5-7H2,1H3. The summed E-state index contributed by atoms with van der Waals surface area (Å²) < 4.78 is 5.01. The van der Waals surface area contributed by atoms with E-state index in [1.54, 1.807) is 13.3 Å². The molecule has 0 aromatic carbocycles. The van der Waals surface area contributed by atoms with Crippen molar-refractivity contribution in [2.24, 2.45) is 0 Å². The van der Waals surface area contributed by atoms with Crippen LogP contribution in [0.15, 0.2) is 12.3 Å². The Hall–Kier alpha value is -1.16. The van der Waals surface area contributed by atoms with Gasteiger partial charge in [0.1, 0.15) is 0 Å². The molecule has 0 aliphatic carbocycles. The second kappa shape index (κ2) is 3.70. The highest BCUT2D eigenvalue weighted by molar-refractivity contribution is 5.32. The van der Waals surface area contributed by atoms with Crippen molar-refractivity contribution >= 4 is 5.95 Å². The Balaban J connectivity index is 2.11. The van der Waals surface area contributed by atoms with Crippen molar-refractivity contribution in [3.05, 3.63) is 18.0 Å². The van der Waals surface area contributed by atoms with E-state index >= 15 is 0 Å². The topological polar surface area (TPSA) is 38.2 Å². The quantitative estimate of drug-likeness (QED) is 0.689. The molecule has 0 N–H and O–H groups in total. The van der Waals surface area contributed by atoms with Crippen LogP contribution in [-0.4, -0.2) is 30.2 Å². The van der Waals surface area contributed by atoms with Crippen LogP contribution in [0.25, 0.3) is 0 Å². The largest absolute Gasteiger partial charge is 0.378 e. The van der Waals surface area contributed by atoms with Gasteiger partial charge in [0.15, 0.2) is 0 Å². The summed E-state index contributed by atoms with van der Waals surface area (Å²) in [7, 11) is 1.67. The third-order valence-corrected chi connectivity index (χ3v) is 2.13. The molecule has 1 fully saturated rings. The van der Waals surface area contributed by atoms with Gasteiger partial charge in [-0.15, -0.1) is 0 Å². The Morgan fingerprint density at radius 1 is 1.54 bits per heavy atom. The van der Waals surface area contributed by atoms with Crippen molar-refractivity contribution in [2.45, 2.75) is 13.0 Å². The van der Waals surface area contributed by atoms with Crippen LogP contribution in [0.3, 0.4) is 0 Å². The molecule has 2 rings (SSSR count). The van der Waals surface area contributed by atoms with Crippen LogP contribution in [0.1, 0.15) is 12.1 Å². The molecule has 0 unspecified atom stereocenters. The zero-order valence-corrected chi connectivity index (χ0v) is 7.73. The first-order valence-electron chi connectivity index (χ1n) is 4.46. The molecule has 1 aromatic heterocycles. The van der Waals surface area contributed by atoms with Gasteiger partial charge in [-0.1, -0.05) is 0 Å². The Morgan fingerprint density at radius 3 is 3.00 bits per heavy atom. The first-order chi connectivity index (χ1) is 6.40. The van der Waals surface area contributed by atoms with E-state index in [2.05, 4.69) is 14.9 Å². The van der Waals surface area contributed by atoms with Crippen LogP contribution in [0, 0.1) is 0 Å². The predicted octanol–water partition coefficient (Wildman–Crippen LogP) is 0.833. The molecule has 0 atom stereocenters. The SMILES string of the molecule is COCc1ccnc(N2CCC2)n1. The highest BCUT2D eigenvalue weighted by Crippen LogP contribution is 2.14. The molecule has 2 heterocycles. The molecule has 1 saturated heterocycles. The number of hydrogen-bond donors (Lipinski definition) is 0. The Kier molecular flexibility index (Phi) is 2.40. The fraction of sp³-hybridized carbons (Fsp3) is 0.556. The minimum absolute atomic E-state index is 0.559. The van der Waals surface area contributed by atoms with Crippen LogP contribution in [0.4, 0.5) is 5.95 Å². The second-order valence-electron chi connectivity index (χ2n) is 3.12. The van der Waals surface area contributed by atoms with Crippen molar-refractivity contribution in [1.29, 1.82) is 0 Å². The van der Waals surface area contributed by atoms with E-state index in [9.17, 15) is 0 Å². The number of rotatable bonds is 3. The van der Waals surface area contributed by atoms with Gasteiger partial charge in [-0.3, -0.25) is 0 Å². The summed E-state index contributed by atoms with van der Waals surface area (Å²) in [4.78, 5) is 10.7. The van der Waals surface area contributed by atoms with Crippen molar-refractivity contribution in [3.63, 3.8) is 0 Å². The van der Waals surface area contributed by atoms with E-state index in [-0.39, 0.29) is 0 Å². The molecule has 0 bridgehead atoms. The summed E-state index contributed by atoms with van der Waals surface area (Å²) in [5.41, 5.74) is 0.944. The zero-order chi connectivity index (χ0) is 9.10. The van der Waals surface area contributed by atoms with Crippen LogP contribution in [-0.2, 0) is 11.3 Å². The van der Waals surface area contributed by atoms with Gasteiger partial charge in [-0.05, 0) is 12.5 Å². The van der Waals surface area contributed by atoms with Gasteiger partial charge >= 0.3 is 0 Å². The first kappa shape index (κ1) is 8.44. The summed E-state index contributed by atoms with van der Waals surface area (Å²) in [5, 5.41) is 0. The zero-order valence-electron chi connectivity index (χ0n) is 7.73. The van der Waals surface area contributed by atoms with Crippen molar-refractivity contribution in [1.82, 2.24) is 9.97 Å². The van der Waals surface area contributed by atoms with Crippen molar-refractivity contribution < 1.29 is 4.74 Å². The molecule has 13 heavy (non-hydrogen) atoms. The molecule has 1 aliphatic heterocycles. The monoisotopic (exact) mass is 179 g/mol. The normalized spacial score (nSPS) is 15.6. The Labute approximate surface area is 77.6 Å². The molecular formula is C9H13N3O. The summed E-state index contributed by atoms with van der Waals surface area (Å²) in [6.07, 6.45) is 3.03. The molecule has 0 spiro atoms. The number of aromatic nitrogens is 2. The van der Waals surface area contributed by atoms with E-state index < -0.39 is 0 Å². The molecule has 0 saturated carbocycles. The molecule has 0 radical (unpaired) electrons. The number of anilines is 1. The highest BCUT2D eigenvalue weighted by atomic mass is 16.5. The lowest BCUT2D eigenvalue weighted by Gasteiger charge is -2.30. The number of methoxy groups -OCH3 is 1. The Morgan fingerprint density at radius 2 is 2.38 bits per heavy atom. The van der Waals surface area contributed by atoms with Gasteiger partial charge in [0, 0.05) is 26.4 Å². The van der Waals surface area contributed by atoms with Crippen LogP contribution >= 0.6 is 0 Å². The van der Waals surface area contributed by atoms with E-state index in [1.807, 2.05) is 6.07 Å². The summed E-state index contributed by atoms with van der Waals surface area (Å²) in [6, 6.07) is 1.88. The third kappa shape index (κ3) is 1.78. The second-order valence-corrected chi connectivity index (χ2v) is 3.12.